The summed E-state index contributed by atoms with van der Waals surface area (Å²) in [6, 6.07) is 7.90. The van der Waals surface area contributed by atoms with E-state index in [1.54, 1.807) is 0 Å². The summed E-state index contributed by atoms with van der Waals surface area (Å²) in [5, 5.41) is 0. The summed E-state index contributed by atoms with van der Waals surface area (Å²) < 4.78 is 11.3. The van der Waals surface area contributed by atoms with Crippen LogP contribution in [0.15, 0.2) is 24.3 Å². The van der Waals surface area contributed by atoms with Crippen molar-refractivity contribution in [1.29, 1.82) is 0 Å². The van der Waals surface area contributed by atoms with Gasteiger partial charge in [-0.3, -0.25) is 0 Å². The average Bonchev–Trinajstić information content (AvgIpc) is 2.99. The molecule has 1 aliphatic rings. The molecule has 108 valence electrons. The second kappa shape index (κ2) is 8.89. The Morgan fingerprint density at radius 2 is 2.15 bits per heavy atom. The van der Waals surface area contributed by atoms with Crippen LogP contribution in [0.5, 0.6) is 5.75 Å². The van der Waals surface area contributed by atoms with Gasteiger partial charge in [-0.1, -0.05) is 11.8 Å². The smallest absolute Gasteiger partial charge is 0.119 e. The maximum atomic E-state index is 5.72. The third kappa shape index (κ3) is 5.45. The summed E-state index contributed by atoms with van der Waals surface area (Å²) >= 11 is 5.58. The van der Waals surface area contributed by atoms with Crippen LogP contribution in [0.25, 0.3) is 0 Å². The molecule has 0 N–H and O–H groups in total. The van der Waals surface area contributed by atoms with Gasteiger partial charge >= 0.3 is 0 Å². The van der Waals surface area contributed by atoms with Gasteiger partial charge in [0.15, 0.2) is 0 Å². The van der Waals surface area contributed by atoms with Crippen LogP contribution in [0.3, 0.4) is 0 Å². The van der Waals surface area contributed by atoms with Crippen molar-refractivity contribution in [2.45, 2.75) is 38.2 Å². The molecule has 1 aromatic rings. The highest BCUT2D eigenvalue weighted by molar-refractivity contribution is 6.18. The van der Waals surface area contributed by atoms with Gasteiger partial charge < -0.3 is 9.47 Å². The van der Waals surface area contributed by atoms with E-state index in [0.717, 1.165) is 43.8 Å². The van der Waals surface area contributed by atoms with Crippen LogP contribution >= 0.6 is 11.6 Å². The predicted molar refractivity (Wildman–Crippen MR) is 82.4 cm³/mol. The lowest BCUT2D eigenvalue weighted by molar-refractivity contribution is 0.0981. The molecule has 1 unspecified atom stereocenters. The lowest BCUT2D eigenvalue weighted by Crippen LogP contribution is -2.07. The van der Waals surface area contributed by atoms with Crippen molar-refractivity contribution >= 4 is 11.6 Å². The molecule has 1 aliphatic heterocycles. The molecule has 2 rings (SSSR count). The van der Waals surface area contributed by atoms with Crippen molar-refractivity contribution in [3.8, 4) is 17.6 Å². The minimum absolute atomic E-state index is 0.457. The molecule has 0 aliphatic carbocycles. The largest absolute Gasteiger partial charge is 0.494 e. The van der Waals surface area contributed by atoms with Crippen molar-refractivity contribution < 1.29 is 9.47 Å². The van der Waals surface area contributed by atoms with E-state index in [0.29, 0.717) is 12.0 Å². The number of alkyl halides is 1. The Hall–Kier alpha value is -1.17. The Kier molecular flexibility index (Phi) is 6.77. The third-order valence-electron chi connectivity index (χ3n) is 3.27. The highest BCUT2D eigenvalue weighted by Crippen LogP contribution is 2.17. The summed E-state index contributed by atoms with van der Waals surface area (Å²) in [6.45, 7) is 1.68. The summed E-state index contributed by atoms with van der Waals surface area (Å²) in [5.74, 6) is 7.57. The number of rotatable bonds is 6. The van der Waals surface area contributed by atoms with E-state index in [4.69, 9.17) is 21.1 Å². The Morgan fingerprint density at radius 3 is 2.85 bits per heavy atom. The van der Waals surface area contributed by atoms with E-state index in [9.17, 15) is 0 Å². The van der Waals surface area contributed by atoms with E-state index in [1.807, 2.05) is 24.3 Å². The van der Waals surface area contributed by atoms with Crippen LogP contribution in [0, 0.1) is 11.8 Å². The molecule has 20 heavy (non-hydrogen) atoms. The zero-order valence-electron chi connectivity index (χ0n) is 11.7. The number of hydrogen-bond donors (Lipinski definition) is 0. The molecule has 1 saturated heterocycles. The van der Waals surface area contributed by atoms with Gasteiger partial charge in [0.2, 0.25) is 0 Å². The molecular weight excluding hydrogens is 272 g/mol. The molecule has 1 fully saturated rings. The van der Waals surface area contributed by atoms with Gasteiger partial charge in [0, 0.05) is 24.5 Å². The molecule has 2 nitrogen and oxygen atoms in total. The monoisotopic (exact) mass is 292 g/mol. The SMILES string of the molecule is ClCCC#Cc1ccc(OCCCC2CCCO2)cc1. The molecule has 0 aromatic heterocycles. The van der Waals surface area contributed by atoms with E-state index >= 15 is 0 Å². The highest BCUT2D eigenvalue weighted by atomic mass is 35.5. The first-order valence-corrected chi connectivity index (χ1v) is 7.81. The topological polar surface area (TPSA) is 18.5 Å². The molecule has 1 heterocycles. The van der Waals surface area contributed by atoms with Crippen molar-refractivity contribution in [3.05, 3.63) is 29.8 Å². The van der Waals surface area contributed by atoms with Gasteiger partial charge in [-0.25, -0.2) is 0 Å². The average molecular weight is 293 g/mol. The minimum Gasteiger partial charge on any atom is -0.494 e. The summed E-state index contributed by atoms with van der Waals surface area (Å²) in [4.78, 5) is 0. The lowest BCUT2D eigenvalue weighted by Gasteiger charge is -2.10. The van der Waals surface area contributed by atoms with Crippen LogP contribution in [-0.2, 0) is 4.74 Å². The Labute approximate surface area is 126 Å². The zero-order chi connectivity index (χ0) is 14.0. The lowest BCUT2D eigenvalue weighted by atomic mass is 10.1. The number of halogens is 1. The third-order valence-corrected chi connectivity index (χ3v) is 3.46. The fourth-order valence-corrected chi connectivity index (χ4v) is 2.31. The molecule has 0 saturated carbocycles. The van der Waals surface area contributed by atoms with Gasteiger partial charge in [0.25, 0.3) is 0 Å². The van der Waals surface area contributed by atoms with E-state index in [2.05, 4.69) is 11.8 Å². The number of hydrogen-bond acceptors (Lipinski definition) is 2. The fourth-order valence-electron chi connectivity index (χ4n) is 2.22. The molecule has 1 atom stereocenters. The first-order valence-electron chi connectivity index (χ1n) is 7.28. The zero-order valence-corrected chi connectivity index (χ0v) is 12.5. The molecule has 3 heteroatoms. The maximum Gasteiger partial charge on any atom is 0.119 e. The van der Waals surface area contributed by atoms with E-state index in [1.165, 1.54) is 12.8 Å². The van der Waals surface area contributed by atoms with E-state index in [-0.39, 0.29) is 0 Å². The molecule has 0 radical (unpaired) electrons. The van der Waals surface area contributed by atoms with Crippen LogP contribution < -0.4 is 4.74 Å². The molecule has 0 spiro atoms. The Morgan fingerprint density at radius 1 is 1.30 bits per heavy atom. The van der Waals surface area contributed by atoms with Gasteiger partial charge in [0.05, 0.1) is 12.7 Å². The highest BCUT2D eigenvalue weighted by Gasteiger charge is 2.14. The van der Waals surface area contributed by atoms with Crippen molar-refractivity contribution in [2.24, 2.45) is 0 Å². The standard InChI is InChI=1S/C17H21ClO2/c18-12-2-1-5-15-8-10-17(11-9-15)20-14-4-7-16-6-3-13-19-16/h8-11,16H,2-4,6-7,12-14H2. The van der Waals surface area contributed by atoms with Crippen LogP contribution in [-0.4, -0.2) is 25.2 Å². The van der Waals surface area contributed by atoms with E-state index < -0.39 is 0 Å². The Balaban J connectivity index is 1.67. The van der Waals surface area contributed by atoms with Gasteiger partial charge in [-0.2, -0.15) is 0 Å². The summed E-state index contributed by atoms with van der Waals surface area (Å²) in [7, 11) is 0. The second-order valence-electron chi connectivity index (χ2n) is 4.89. The van der Waals surface area contributed by atoms with Crippen molar-refractivity contribution in [1.82, 2.24) is 0 Å². The first-order chi connectivity index (χ1) is 9.88. The van der Waals surface area contributed by atoms with Crippen molar-refractivity contribution in [2.75, 3.05) is 19.1 Å². The molecule has 1 aromatic carbocycles. The summed E-state index contributed by atoms with van der Waals surface area (Å²) in [6.07, 6.45) is 5.73. The van der Waals surface area contributed by atoms with Crippen LogP contribution in [0.2, 0.25) is 0 Å². The predicted octanol–water partition coefficient (Wildman–Crippen LogP) is 4.01. The second-order valence-corrected chi connectivity index (χ2v) is 5.27. The number of ether oxygens (including phenoxy) is 2. The van der Waals surface area contributed by atoms with Crippen LogP contribution in [0.1, 0.15) is 37.7 Å². The first kappa shape index (κ1) is 15.2. The quantitative estimate of drug-likeness (QED) is 0.448. The fraction of sp³-hybridized carbons (Fsp3) is 0.529. The van der Waals surface area contributed by atoms with Gasteiger partial charge in [-0.05, 0) is 49.9 Å². The van der Waals surface area contributed by atoms with Crippen LogP contribution in [0.4, 0.5) is 0 Å². The summed E-state index contributed by atoms with van der Waals surface area (Å²) in [5.41, 5.74) is 1.00. The molecule has 0 bridgehead atoms. The van der Waals surface area contributed by atoms with Crippen molar-refractivity contribution in [3.63, 3.8) is 0 Å². The molecular formula is C17H21ClO2. The number of benzene rings is 1. The van der Waals surface area contributed by atoms with Gasteiger partial charge in [0.1, 0.15) is 5.75 Å². The molecule has 0 amide bonds. The van der Waals surface area contributed by atoms with Gasteiger partial charge in [-0.15, -0.1) is 11.6 Å². The Bertz CT molecular complexity index is 438. The maximum absolute atomic E-state index is 5.72. The minimum atomic E-state index is 0.457. The normalized spacial score (nSPS) is 17.6.